The van der Waals surface area contributed by atoms with Crippen molar-refractivity contribution >= 4 is 11.6 Å². The summed E-state index contributed by atoms with van der Waals surface area (Å²) < 4.78 is 0. The lowest BCUT2D eigenvalue weighted by Gasteiger charge is -2.21. The van der Waals surface area contributed by atoms with Gasteiger partial charge in [-0.15, -0.1) is 0 Å². The summed E-state index contributed by atoms with van der Waals surface area (Å²) in [5.74, 6) is 2.31. The van der Waals surface area contributed by atoms with Crippen molar-refractivity contribution in [2.45, 2.75) is 19.8 Å². The highest BCUT2D eigenvalue weighted by molar-refractivity contribution is 5.59. The van der Waals surface area contributed by atoms with Gasteiger partial charge in [-0.3, -0.25) is 0 Å². The van der Waals surface area contributed by atoms with E-state index < -0.39 is 0 Å². The Bertz CT molecular complexity index is 383. The number of nitrogens with zero attached hydrogens (tertiary/aromatic N) is 3. The fourth-order valence-electron chi connectivity index (χ4n) is 2.39. The van der Waals surface area contributed by atoms with Gasteiger partial charge in [0.1, 0.15) is 18.0 Å². The van der Waals surface area contributed by atoms with Gasteiger partial charge in [0, 0.05) is 38.2 Å². The smallest absolute Gasteiger partial charge is 0.137 e. The van der Waals surface area contributed by atoms with Crippen LogP contribution in [0, 0.1) is 5.92 Å². The molecule has 1 atom stereocenters. The Balaban J connectivity index is 2.26. The summed E-state index contributed by atoms with van der Waals surface area (Å²) >= 11 is 0. The Labute approximate surface area is 102 Å². The van der Waals surface area contributed by atoms with Gasteiger partial charge in [-0.25, -0.2) is 9.97 Å². The van der Waals surface area contributed by atoms with Gasteiger partial charge in [-0.1, -0.05) is 6.92 Å². The molecule has 2 N–H and O–H groups in total. The van der Waals surface area contributed by atoms with Gasteiger partial charge in [0.05, 0.1) is 0 Å². The fraction of sp³-hybridized carbons (Fsp3) is 0.667. The summed E-state index contributed by atoms with van der Waals surface area (Å²) in [6.45, 7) is 4.24. The first kappa shape index (κ1) is 12.1. The minimum absolute atomic E-state index is 0.266. The predicted octanol–water partition coefficient (Wildman–Crippen LogP) is 0.899. The normalized spacial score (nSPS) is 19.7. The molecule has 5 heteroatoms. The van der Waals surface area contributed by atoms with E-state index in [0.29, 0.717) is 5.92 Å². The van der Waals surface area contributed by atoms with Gasteiger partial charge in [0.15, 0.2) is 0 Å². The molecule has 0 spiro atoms. The Morgan fingerprint density at radius 3 is 2.94 bits per heavy atom. The van der Waals surface area contributed by atoms with Crippen molar-refractivity contribution in [1.29, 1.82) is 0 Å². The molecule has 1 fully saturated rings. The van der Waals surface area contributed by atoms with Crippen molar-refractivity contribution in [3.8, 4) is 0 Å². The van der Waals surface area contributed by atoms with Crippen LogP contribution in [0.2, 0.25) is 0 Å². The molecule has 1 aliphatic rings. The highest BCUT2D eigenvalue weighted by Gasteiger charge is 2.25. The zero-order valence-electron chi connectivity index (χ0n) is 10.5. The van der Waals surface area contributed by atoms with Gasteiger partial charge in [0.25, 0.3) is 0 Å². The first-order valence-corrected chi connectivity index (χ1v) is 6.17. The van der Waals surface area contributed by atoms with E-state index in [1.807, 2.05) is 7.05 Å². The van der Waals surface area contributed by atoms with Crippen molar-refractivity contribution < 1.29 is 5.11 Å². The molecule has 2 rings (SSSR count). The van der Waals surface area contributed by atoms with E-state index in [-0.39, 0.29) is 6.61 Å². The third-order valence-electron chi connectivity index (χ3n) is 3.36. The lowest BCUT2D eigenvalue weighted by Crippen LogP contribution is -2.23. The minimum atomic E-state index is 0.266. The van der Waals surface area contributed by atoms with Gasteiger partial charge >= 0.3 is 0 Å². The summed E-state index contributed by atoms with van der Waals surface area (Å²) in [5.41, 5.74) is 1.16. The number of aliphatic hydroxyl groups excluding tert-OH is 1. The molecule has 94 valence electrons. The van der Waals surface area contributed by atoms with Crippen LogP contribution in [0.25, 0.3) is 0 Å². The second-order valence-electron chi connectivity index (χ2n) is 4.41. The van der Waals surface area contributed by atoms with Crippen LogP contribution >= 0.6 is 0 Å². The SMILES string of the molecule is CCc1c(NC)ncnc1N1CCC(CO)C1. The van der Waals surface area contributed by atoms with Crippen LogP contribution in [0.4, 0.5) is 11.6 Å². The number of aliphatic hydroxyl groups is 1. The van der Waals surface area contributed by atoms with Crippen molar-refractivity contribution in [1.82, 2.24) is 9.97 Å². The maximum Gasteiger partial charge on any atom is 0.137 e. The van der Waals surface area contributed by atoms with Crippen LogP contribution in [-0.4, -0.2) is 41.8 Å². The number of hydrogen-bond donors (Lipinski definition) is 2. The molecule has 0 amide bonds. The van der Waals surface area contributed by atoms with Crippen molar-refractivity contribution in [3.05, 3.63) is 11.9 Å². The predicted molar refractivity (Wildman–Crippen MR) is 68.4 cm³/mol. The highest BCUT2D eigenvalue weighted by Crippen LogP contribution is 2.28. The summed E-state index contributed by atoms with van der Waals surface area (Å²) in [4.78, 5) is 10.9. The molecule has 0 aromatic carbocycles. The third kappa shape index (κ3) is 2.34. The van der Waals surface area contributed by atoms with Crippen molar-refractivity contribution in [2.24, 2.45) is 5.92 Å². The molecule has 5 nitrogen and oxygen atoms in total. The molecule has 0 saturated carbocycles. The molecule has 1 aromatic rings. The largest absolute Gasteiger partial charge is 0.396 e. The lowest BCUT2D eigenvalue weighted by atomic mass is 10.1. The Morgan fingerprint density at radius 1 is 1.53 bits per heavy atom. The second kappa shape index (κ2) is 5.31. The molecule has 0 radical (unpaired) electrons. The zero-order chi connectivity index (χ0) is 12.3. The quantitative estimate of drug-likeness (QED) is 0.813. The molecular weight excluding hydrogens is 216 g/mol. The summed E-state index contributed by atoms with van der Waals surface area (Å²) in [7, 11) is 1.88. The van der Waals surface area contributed by atoms with Crippen LogP contribution < -0.4 is 10.2 Å². The molecule has 1 unspecified atom stereocenters. The van der Waals surface area contributed by atoms with Gasteiger partial charge < -0.3 is 15.3 Å². The van der Waals surface area contributed by atoms with Crippen molar-refractivity contribution in [2.75, 3.05) is 37.0 Å². The van der Waals surface area contributed by atoms with E-state index in [9.17, 15) is 5.11 Å². The van der Waals surface area contributed by atoms with Gasteiger partial charge in [0.2, 0.25) is 0 Å². The topological polar surface area (TPSA) is 61.3 Å². The molecular formula is C12H20N4O. The van der Waals surface area contributed by atoms with Crippen molar-refractivity contribution in [3.63, 3.8) is 0 Å². The third-order valence-corrected chi connectivity index (χ3v) is 3.36. The maximum atomic E-state index is 9.19. The van der Waals surface area contributed by atoms with Crippen LogP contribution in [0.5, 0.6) is 0 Å². The molecule has 0 aliphatic carbocycles. The average molecular weight is 236 g/mol. The number of rotatable bonds is 4. The number of hydrogen-bond acceptors (Lipinski definition) is 5. The Morgan fingerprint density at radius 2 is 2.35 bits per heavy atom. The summed E-state index contributed by atoms with van der Waals surface area (Å²) in [6.07, 6.45) is 3.55. The standard InChI is InChI=1S/C12H20N4O/c1-3-10-11(13-2)14-8-15-12(10)16-5-4-9(6-16)7-17/h8-9,17H,3-7H2,1-2H3,(H,13,14,15). The minimum Gasteiger partial charge on any atom is -0.396 e. The summed E-state index contributed by atoms with van der Waals surface area (Å²) in [6, 6.07) is 0. The molecule has 1 aliphatic heterocycles. The molecule has 17 heavy (non-hydrogen) atoms. The van der Waals surface area contributed by atoms with Crippen LogP contribution in [0.3, 0.4) is 0 Å². The Kier molecular flexibility index (Phi) is 3.78. The number of anilines is 2. The molecule has 0 bridgehead atoms. The highest BCUT2D eigenvalue weighted by atomic mass is 16.3. The van der Waals surface area contributed by atoms with Gasteiger partial charge in [-0.05, 0) is 12.8 Å². The van der Waals surface area contributed by atoms with E-state index >= 15 is 0 Å². The summed E-state index contributed by atoms with van der Waals surface area (Å²) in [5, 5.41) is 12.3. The van der Waals surface area contributed by atoms with E-state index in [1.165, 1.54) is 0 Å². The molecule has 1 aromatic heterocycles. The second-order valence-corrected chi connectivity index (χ2v) is 4.41. The number of nitrogens with one attached hydrogen (secondary N) is 1. The van der Waals surface area contributed by atoms with Crippen LogP contribution in [0.15, 0.2) is 6.33 Å². The zero-order valence-corrected chi connectivity index (χ0v) is 10.5. The number of aromatic nitrogens is 2. The Hall–Kier alpha value is -1.36. The fourth-order valence-corrected chi connectivity index (χ4v) is 2.39. The van der Waals surface area contributed by atoms with E-state index in [1.54, 1.807) is 6.33 Å². The van der Waals surface area contributed by atoms with E-state index in [0.717, 1.165) is 43.1 Å². The molecule has 2 heterocycles. The van der Waals surface area contributed by atoms with Gasteiger partial charge in [-0.2, -0.15) is 0 Å². The lowest BCUT2D eigenvalue weighted by molar-refractivity contribution is 0.238. The van der Waals surface area contributed by atoms with E-state index in [4.69, 9.17) is 0 Å². The first-order valence-electron chi connectivity index (χ1n) is 6.17. The maximum absolute atomic E-state index is 9.19. The van der Waals surface area contributed by atoms with E-state index in [2.05, 4.69) is 27.1 Å². The van der Waals surface area contributed by atoms with Crippen LogP contribution in [0.1, 0.15) is 18.9 Å². The van der Waals surface area contributed by atoms with Crippen LogP contribution in [-0.2, 0) is 6.42 Å². The monoisotopic (exact) mass is 236 g/mol. The molecule has 1 saturated heterocycles. The first-order chi connectivity index (χ1) is 8.30. The average Bonchev–Trinajstić information content (AvgIpc) is 2.86.